The number of rotatable bonds is 7. The molecule has 0 spiro atoms. The monoisotopic (exact) mass is 238 g/mol. The minimum absolute atomic E-state index is 0.536. The van der Waals surface area contributed by atoms with E-state index >= 15 is 0 Å². The highest BCUT2D eigenvalue weighted by molar-refractivity contribution is 4.99. The summed E-state index contributed by atoms with van der Waals surface area (Å²) in [5, 5.41) is 3.60. The van der Waals surface area contributed by atoms with E-state index in [-0.39, 0.29) is 0 Å². The lowest BCUT2D eigenvalue weighted by Crippen LogP contribution is -2.38. The summed E-state index contributed by atoms with van der Waals surface area (Å²) in [6.07, 6.45) is 3.11. The molecule has 0 fully saturated rings. The molecule has 0 saturated carbocycles. The summed E-state index contributed by atoms with van der Waals surface area (Å²) in [6, 6.07) is 0.536. The molecule has 1 heterocycles. The molecule has 0 aliphatic heterocycles. The summed E-state index contributed by atoms with van der Waals surface area (Å²) >= 11 is 0. The van der Waals surface area contributed by atoms with Crippen LogP contribution in [0.4, 0.5) is 0 Å². The van der Waals surface area contributed by atoms with Gasteiger partial charge >= 0.3 is 0 Å². The molecule has 1 aromatic rings. The van der Waals surface area contributed by atoms with Gasteiger partial charge in [0.15, 0.2) is 0 Å². The van der Waals surface area contributed by atoms with Crippen LogP contribution in [0.3, 0.4) is 0 Å². The van der Waals surface area contributed by atoms with Crippen LogP contribution in [-0.2, 0) is 6.54 Å². The fourth-order valence-electron chi connectivity index (χ4n) is 2.05. The van der Waals surface area contributed by atoms with Crippen LogP contribution in [0, 0.1) is 12.8 Å². The van der Waals surface area contributed by atoms with Gasteiger partial charge in [-0.1, -0.05) is 13.8 Å². The third kappa shape index (κ3) is 5.84. The van der Waals surface area contributed by atoms with E-state index in [1.165, 1.54) is 6.42 Å². The lowest BCUT2D eigenvalue weighted by Gasteiger charge is -2.23. The Kier molecular flexibility index (Phi) is 5.65. The molecule has 0 aliphatic carbocycles. The van der Waals surface area contributed by atoms with E-state index in [1.54, 1.807) is 0 Å². The smallest absolute Gasteiger partial charge is 0.103 e. The molecule has 2 N–H and O–H groups in total. The van der Waals surface area contributed by atoms with Crippen LogP contribution < -0.4 is 5.32 Å². The van der Waals surface area contributed by atoms with Crippen molar-refractivity contribution in [3.8, 4) is 0 Å². The maximum absolute atomic E-state index is 4.21. The number of hydrogen-bond donors (Lipinski definition) is 2. The van der Waals surface area contributed by atoms with Crippen molar-refractivity contribution in [1.82, 2.24) is 20.2 Å². The predicted octanol–water partition coefficient (Wildman–Crippen LogP) is 1.78. The minimum Gasteiger partial charge on any atom is -0.345 e. The van der Waals surface area contributed by atoms with E-state index in [9.17, 15) is 0 Å². The number of nitrogens with zero attached hydrogens (tertiary/aromatic N) is 2. The molecule has 1 aromatic heterocycles. The summed E-state index contributed by atoms with van der Waals surface area (Å²) in [7, 11) is 4.24. The second-order valence-electron chi connectivity index (χ2n) is 5.46. The van der Waals surface area contributed by atoms with Gasteiger partial charge in [-0.15, -0.1) is 0 Å². The topological polar surface area (TPSA) is 44.0 Å². The van der Waals surface area contributed by atoms with Gasteiger partial charge in [0.25, 0.3) is 0 Å². The van der Waals surface area contributed by atoms with Crippen molar-refractivity contribution in [2.75, 3.05) is 20.6 Å². The Morgan fingerprint density at radius 3 is 2.59 bits per heavy atom. The summed E-state index contributed by atoms with van der Waals surface area (Å²) in [5.74, 6) is 1.70. The molecule has 4 nitrogen and oxygen atoms in total. The third-order valence-corrected chi connectivity index (χ3v) is 2.68. The second kappa shape index (κ2) is 6.77. The van der Waals surface area contributed by atoms with Crippen LogP contribution in [0.2, 0.25) is 0 Å². The van der Waals surface area contributed by atoms with E-state index in [4.69, 9.17) is 0 Å². The van der Waals surface area contributed by atoms with E-state index < -0.39 is 0 Å². The van der Waals surface area contributed by atoms with Gasteiger partial charge in [-0.2, -0.15) is 0 Å². The zero-order valence-corrected chi connectivity index (χ0v) is 11.7. The van der Waals surface area contributed by atoms with Crippen molar-refractivity contribution in [3.05, 3.63) is 17.7 Å². The van der Waals surface area contributed by atoms with Gasteiger partial charge in [0, 0.05) is 31.0 Å². The van der Waals surface area contributed by atoms with Crippen LogP contribution in [0.25, 0.3) is 0 Å². The van der Waals surface area contributed by atoms with Crippen molar-refractivity contribution >= 4 is 0 Å². The average Bonchev–Trinajstić information content (AvgIpc) is 2.59. The van der Waals surface area contributed by atoms with Gasteiger partial charge in [-0.25, -0.2) is 4.98 Å². The largest absolute Gasteiger partial charge is 0.345 e. The molecule has 17 heavy (non-hydrogen) atoms. The standard InChI is InChI=1S/C13H26N4/c1-10(2)6-12(9-17(4)5)15-8-13-7-14-11(3)16-13/h7,10,12,15H,6,8-9H2,1-5H3,(H,14,16). The number of imidazole rings is 1. The Labute approximate surface area is 105 Å². The van der Waals surface area contributed by atoms with Crippen molar-refractivity contribution in [2.24, 2.45) is 5.92 Å². The summed E-state index contributed by atoms with van der Waals surface area (Å²) in [6.45, 7) is 8.46. The van der Waals surface area contributed by atoms with Gasteiger partial charge in [0.05, 0.1) is 0 Å². The molecule has 0 amide bonds. The van der Waals surface area contributed by atoms with Crippen molar-refractivity contribution < 1.29 is 0 Å². The van der Waals surface area contributed by atoms with Gasteiger partial charge in [-0.05, 0) is 33.4 Å². The van der Waals surface area contributed by atoms with E-state index in [2.05, 4.69) is 48.1 Å². The number of nitrogens with one attached hydrogen (secondary N) is 2. The van der Waals surface area contributed by atoms with Gasteiger partial charge in [-0.3, -0.25) is 0 Å². The van der Waals surface area contributed by atoms with E-state index in [0.29, 0.717) is 6.04 Å². The summed E-state index contributed by atoms with van der Waals surface area (Å²) < 4.78 is 0. The first-order valence-electron chi connectivity index (χ1n) is 6.36. The Hall–Kier alpha value is -0.870. The molecular formula is C13H26N4. The van der Waals surface area contributed by atoms with Gasteiger partial charge in [0.1, 0.15) is 5.82 Å². The quantitative estimate of drug-likeness (QED) is 0.761. The SMILES string of the molecule is Cc1ncc(CNC(CC(C)C)CN(C)C)[nH]1. The molecule has 0 aliphatic rings. The fourth-order valence-corrected chi connectivity index (χ4v) is 2.05. The first kappa shape index (κ1) is 14.2. The van der Waals surface area contributed by atoms with Crippen molar-refractivity contribution in [3.63, 3.8) is 0 Å². The molecule has 1 rings (SSSR count). The van der Waals surface area contributed by atoms with Crippen LogP contribution in [0.15, 0.2) is 6.20 Å². The van der Waals surface area contributed by atoms with Gasteiger partial charge < -0.3 is 15.2 Å². The lowest BCUT2D eigenvalue weighted by molar-refractivity contribution is 0.304. The fraction of sp³-hybridized carbons (Fsp3) is 0.769. The number of aromatic amines is 1. The minimum atomic E-state index is 0.536. The molecule has 0 bridgehead atoms. The first-order chi connectivity index (χ1) is 7.97. The van der Waals surface area contributed by atoms with E-state index in [0.717, 1.165) is 30.5 Å². The molecule has 4 heteroatoms. The first-order valence-corrected chi connectivity index (χ1v) is 6.36. The van der Waals surface area contributed by atoms with Crippen molar-refractivity contribution in [1.29, 1.82) is 0 Å². The second-order valence-corrected chi connectivity index (χ2v) is 5.46. The van der Waals surface area contributed by atoms with Crippen LogP contribution in [-0.4, -0.2) is 41.5 Å². The Bertz CT molecular complexity index is 307. The molecule has 1 unspecified atom stereocenters. The Morgan fingerprint density at radius 1 is 1.41 bits per heavy atom. The van der Waals surface area contributed by atoms with Crippen LogP contribution in [0.1, 0.15) is 31.8 Å². The van der Waals surface area contributed by atoms with Crippen molar-refractivity contribution in [2.45, 2.75) is 39.8 Å². The maximum atomic E-state index is 4.21. The Morgan fingerprint density at radius 2 is 2.12 bits per heavy atom. The highest BCUT2D eigenvalue weighted by Crippen LogP contribution is 2.06. The zero-order valence-electron chi connectivity index (χ0n) is 11.7. The van der Waals surface area contributed by atoms with Crippen LogP contribution in [0.5, 0.6) is 0 Å². The third-order valence-electron chi connectivity index (χ3n) is 2.68. The molecule has 98 valence electrons. The molecular weight excluding hydrogens is 212 g/mol. The highest BCUT2D eigenvalue weighted by Gasteiger charge is 2.11. The average molecular weight is 238 g/mol. The number of hydrogen-bond acceptors (Lipinski definition) is 3. The van der Waals surface area contributed by atoms with E-state index in [1.807, 2.05) is 13.1 Å². The van der Waals surface area contributed by atoms with Crippen LogP contribution >= 0.6 is 0 Å². The number of aromatic nitrogens is 2. The molecule has 0 saturated heterocycles. The van der Waals surface area contributed by atoms with Gasteiger partial charge in [0.2, 0.25) is 0 Å². The number of aryl methyl sites for hydroxylation is 1. The zero-order chi connectivity index (χ0) is 12.8. The number of H-pyrrole nitrogens is 1. The highest BCUT2D eigenvalue weighted by atomic mass is 15.1. The molecule has 0 radical (unpaired) electrons. The summed E-state index contributed by atoms with van der Waals surface area (Å²) in [5.41, 5.74) is 1.16. The Balaban J connectivity index is 2.42. The maximum Gasteiger partial charge on any atom is 0.103 e. The normalized spacial score (nSPS) is 13.6. The lowest BCUT2D eigenvalue weighted by atomic mass is 10.0. The molecule has 0 aromatic carbocycles. The number of likely N-dealkylation sites (N-methyl/N-ethyl adjacent to an activating group) is 1. The molecule has 1 atom stereocenters. The predicted molar refractivity (Wildman–Crippen MR) is 72.0 cm³/mol. The summed E-state index contributed by atoms with van der Waals surface area (Å²) in [4.78, 5) is 9.70.